The van der Waals surface area contributed by atoms with Gasteiger partial charge in [-0.25, -0.2) is 9.78 Å². The maximum absolute atomic E-state index is 11.4. The number of nitriles is 1. The van der Waals surface area contributed by atoms with E-state index in [1.165, 1.54) is 13.2 Å². The van der Waals surface area contributed by atoms with Crippen LogP contribution in [-0.2, 0) is 4.74 Å². The maximum Gasteiger partial charge on any atom is 0.337 e. The van der Waals surface area contributed by atoms with Gasteiger partial charge in [-0.3, -0.25) is 0 Å². The molecule has 1 aromatic heterocycles. The molecule has 0 aliphatic rings. The van der Waals surface area contributed by atoms with Crippen molar-refractivity contribution in [2.24, 2.45) is 0 Å². The lowest BCUT2D eigenvalue weighted by Crippen LogP contribution is -2.01. The van der Waals surface area contributed by atoms with Crippen molar-refractivity contribution >= 4 is 32.9 Å². The van der Waals surface area contributed by atoms with Crippen molar-refractivity contribution in [3.8, 4) is 6.07 Å². The smallest absolute Gasteiger partial charge is 0.337 e. The molecule has 0 atom stereocenters. The number of carbonyl (C=O) groups excluding carboxylic acids is 1. The third-order valence-electron chi connectivity index (χ3n) is 2.10. The molecular weight excluding hydrogens is 274 g/mol. The molecule has 0 aliphatic heterocycles. The van der Waals surface area contributed by atoms with Gasteiger partial charge in [-0.2, -0.15) is 5.26 Å². The summed E-state index contributed by atoms with van der Waals surface area (Å²) >= 11 is 3.17. The summed E-state index contributed by atoms with van der Waals surface area (Å²) in [5, 5.41) is 8.95. The van der Waals surface area contributed by atoms with Gasteiger partial charge in [0.2, 0.25) is 0 Å². The van der Waals surface area contributed by atoms with Crippen LogP contribution in [0.2, 0.25) is 0 Å². The van der Waals surface area contributed by atoms with Gasteiger partial charge in [0, 0.05) is 0 Å². The Kier molecular flexibility index (Phi) is 2.62. The van der Waals surface area contributed by atoms with Gasteiger partial charge < -0.3 is 9.72 Å². The third-order valence-corrected chi connectivity index (χ3v) is 2.47. The van der Waals surface area contributed by atoms with E-state index in [9.17, 15) is 4.79 Å². The summed E-state index contributed by atoms with van der Waals surface area (Å²) in [6.07, 6.45) is 0. The fourth-order valence-corrected chi connectivity index (χ4v) is 1.80. The van der Waals surface area contributed by atoms with Crippen LogP contribution in [0.4, 0.5) is 0 Å². The number of aromatic nitrogens is 2. The van der Waals surface area contributed by atoms with E-state index in [1.54, 1.807) is 6.07 Å². The molecular formula is C10H6BrN3O2. The molecule has 0 radical (unpaired) electrons. The second-order valence-electron chi connectivity index (χ2n) is 3.05. The van der Waals surface area contributed by atoms with Crippen LogP contribution in [0.5, 0.6) is 0 Å². The molecule has 2 rings (SSSR count). The minimum atomic E-state index is -0.482. The zero-order valence-electron chi connectivity index (χ0n) is 8.24. The Balaban J connectivity index is 2.73. The third kappa shape index (κ3) is 1.66. The van der Waals surface area contributed by atoms with Crippen molar-refractivity contribution < 1.29 is 9.53 Å². The Morgan fingerprint density at radius 3 is 3.00 bits per heavy atom. The normalized spacial score (nSPS) is 10.1. The van der Waals surface area contributed by atoms with Gasteiger partial charge in [-0.1, -0.05) is 0 Å². The molecule has 0 saturated heterocycles. The van der Waals surface area contributed by atoms with Crippen molar-refractivity contribution in [1.29, 1.82) is 5.26 Å². The first-order chi connectivity index (χ1) is 7.65. The lowest BCUT2D eigenvalue weighted by Gasteiger charge is -1.99. The number of aromatic amines is 1. The SMILES string of the molecule is COC(=O)c1cc(C#N)c2nc(Br)[nH]c2c1. The maximum atomic E-state index is 11.4. The van der Waals surface area contributed by atoms with E-state index in [0.29, 0.717) is 26.9 Å². The monoisotopic (exact) mass is 279 g/mol. The predicted molar refractivity (Wildman–Crippen MR) is 59.8 cm³/mol. The van der Waals surface area contributed by atoms with Gasteiger partial charge in [-0.05, 0) is 28.1 Å². The van der Waals surface area contributed by atoms with Crippen LogP contribution in [0.15, 0.2) is 16.9 Å². The highest BCUT2D eigenvalue weighted by Crippen LogP contribution is 2.21. The van der Waals surface area contributed by atoms with Crippen molar-refractivity contribution in [2.75, 3.05) is 7.11 Å². The van der Waals surface area contributed by atoms with Crippen LogP contribution < -0.4 is 0 Å². The van der Waals surface area contributed by atoms with Crippen LogP contribution in [0.25, 0.3) is 11.0 Å². The van der Waals surface area contributed by atoms with Crippen LogP contribution in [0.3, 0.4) is 0 Å². The van der Waals surface area contributed by atoms with E-state index in [1.807, 2.05) is 6.07 Å². The number of hydrogen-bond donors (Lipinski definition) is 1. The summed E-state index contributed by atoms with van der Waals surface area (Å²) in [7, 11) is 1.29. The van der Waals surface area contributed by atoms with Crippen LogP contribution in [0, 0.1) is 11.3 Å². The molecule has 0 aliphatic carbocycles. The number of fused-ring (bicyclic) bond motifs is 1. The summed E-state index contributed by atoms with van der Waals surface area (Å²) in [6, 6.07) is 5.05. The number of carbonyl (C=O) groups is 1. The number of nitrogens with one attached hydrogen (secondary N) is 1. The topological polar surface area (TPSA) is 78.8 Å². The first-order valence-corrected chi connectivity index (χ1v) is 5.12. The summed E-state index contributed by atoms with van der Waals surface area (Å²) in [5.41, 5.74) is 1.80. The lowest BCUT2D eigenvalue weighted by atomic mass is 10.1. The Morgan fingerprint density at radius 2 is 2.38 bits per heavy atom. The largest absolute Gasteiger partial charge is 0.465 e. The zero-order chi connectivity index (χ0) is 11.7. The second kappa shape index (κ2) is 3.94. The van der Waals surface area contributed by atoms with E-state index in [4.69, 9.17) is 5.26 Å². The average Bonchev–Trinajstić information content (AvgIpc) is 2.66. The second-order valence-corrected chi connectivity index (χ2v) is 3.80. The number of imidazole rings is 1. The molecule has 80 valence electrons. The number of esters is 1. The quantitative estimate of drug-likeness (QED) is 0.810. The Labute approximate surface area is 99.2 Å². The fourth-order valence-electron chi connectivity index (χ4n) is 1.41. The van der Waals surface area contributed by atoms with Crippen molar-refractivity contribution in [2.45, 2.75) is 0 Å². The number of hydrogen-bond acceptors (Lipinski definition) is 4. The number of methoxy groups -OCH3 is 1. The highest BCUT2D eigenvalue weighted by molar-refractivity contribution is 9.10. The molecule has 0 unspecified atom stereocenters. The molecule has 0 fully saturated rings. The highest BCUT2D eigenvalue weighted by Gasteiger charge is 2.13. The minimum absolute atomic E-state index is 0.322. The molecule has 1 heterocycles. The number of rotatable bonds is 1. The number of benzene rings is 1. The van der Waals surface area contributed by atoms with Gasteiger partial charge in [0.1, 0.15) is 11.6 Å². The van der Waals surface area contributed by atoms with E-state index in [2.05, 4.69) is 30.6 Å². The Hall–Kier alpha value is -1.87. The summed E-state index contributed by atoms with van der Waals surface area (Å²) in [5.74, 6) is -0.482. The van der Waals surface area contributed by atoms with E-state index in [0.717, 1.165) is 0 Å². The van der Waals surface area contributed by atoms with Gasteiger partial charge in [0.25, 0.3) is 0 Å². The number of H-pyrrole nitrogens is 1. The Bertz CT molecular complexity index is 612. The summed E-state index contributed by atoms with van der Waals surface area (Å²) in [4.78, 5) is 18.4. The van der Waals surface area contributed by atoms with E-state index < -0.39 is 5.97 Å². The molecule has 1 N–H and O–H groups in total. The number of ether oxygens (including phenoxy) is 1. The van der Waals surface area contributed by atoms with Crippen LogP contribution >= 0.6 is 15.9 Å². The molecule has 0 bridgehead atoms. The van der Waals surface area contributed by atoms with Gasteiger partial charge in [0.05, 0.1) is 23.8 Å². The zero-order valence-corrected chi connectivity index (χ0v) is 9.83. The first kappa shape index (κ1) is 10.6. The molecule has 2 aromatic rings. The molecule has 0 saturated carbocycles. The number of halogens is 1. The summed E-state index contributed by atoms with van der Waals surface area (Å²) < 4.78 is 5.11. The van der Waals surface area contributed by atoms with Crippen molar-refractivity contribution in [3.63, 3.8) is 0 Å². The molecule has 1 aromatic carbocycles. The van der Waals surface area contributed by atoms with Gasteiger partial charge >= 0.3 is 5.97 Å². The van der Waals surface area contributed by atoms with E-state index >= 15 is 0 Å². The van der Waals surface area contributed by atoms with Crippen LogP contribution in [-0.4, -0.2) is 23.0 Å². The first-order valence-electron chi connectivity index (χ1n) is 4.33. The predicted octanol–water partition coefficient (Wildman–Crippen LogP) is 1.98. The van der Waals surface area contributed by atoms with Crippen LogP contribution in [0.1, 0.15) is 15.9 Å². The highest BCUT2D eigenvalue weighted by atomic mass is 79.9. The Morgan fingerprint density at radius 1 is 1.62 bits per heavy atom. The summed E-state index contributed by atoms with van der Waals surface area (Å²) in [6.45, 7) is 0. The molecule has 6 heteroatoms. The van der Waals surface area contributed by atoms with Gasteiger partial charge in [0.15, 0.2) is 4.73 Å². The van der Waals surface area contributed by atoms with Gasteiger partial charge in [-0.15, -0.1) is 0 Å². The van der Waals surface area contributed by atoms with Crippen molar-refractivity contribution in [3.05, 3.63) is 28.0 Å². The average molecular weight is 280 g/mol. The molecule has 0 spiro atoms. The van der Waals surface area contributed by atoms with Crippen molar-refractivity contribution in [1.82, 2.24) is 9.97 Å². The molecule has 0 amide bonds. The van der Waals surface area contributed by atoms with E-state index in [-0.39, 0.29) is 0 Å². The standard InChI is InChI=1S/C10H6BrN3O2/c1-16-9(15)5-2-6(4-12)8-7(3-5)13-10(11)14-8/h2-3H,1H3,(H,13,14). The molecule has 5 nitrogen and oxygen atoms in total. The number of nitrogens with zero attached hydrogens (tertiary/aromatic N) is 2. The molecule has 16 heavy (non-hydrogen) atoms. The minimum Gasteiger partial charge on any atom is -0.465 e. The fraction of sp³-hybridized carbons (Fsp3) is 0.100. The lowest BCUT2D eigenvalue weighted by molar-refractivity contribution is 0.0601.